The summed E-state index contributed by atoms with van der Waals surface area (Å²) in [5.74, 6) is -0.237. The lowest BCUT2D eigenvalue weighted by Gasteiger charge is -2.36. The topological polar surface area (TPSA) is 91.0 Å². The van der Waals surface area contributed by atoms with E-state index in [0.717, 1.165) is 0 Å². The molecule has 2 aromatic carbocycles. The van der Waals surface area contributed by atoms with Crippen LogP contribution in [0.2, 0.25) is 0 Å². The number of hydrogen-bond acceptors (Lipinski definition) is 5. The number of nitrogens with one attached hydrogen (secondary N) is 2. The Morgan fingerprint density at radius 3 is 2.50 bits per heavy atom. The molecular weight excluding hydrogens is 415 g/mol. The van der Waals surface area contributed by atoms with Crippen LogP contribution in [0.4, 0.5) is 14.9 Å². The quantitative estimate of drug-likeness (QED) is 0.673. The van der Waals surface area contributed by atoms with Gasteiger partial charge in [-0.15, -0.1) is 0 Å². The van der Waals surface area contributed by atoms with E-state index in [1.54, 1.807) is 31.4 Å². The molecule has 0 atom stereocenters. The number of rotatable bonds is 6. The van der Waals surface area contributed by atoms with E-state index in [0.29, 0.717) is 42.9 Å². The third-order valence-corrected chi connectivity index (χ3v) is 5.96. The lowest BCUT2D eigenvalue weighted by atomic mass is 9.87. The van der Waals surface area contributed by atoms with Crippen molar-refractivity contribution < 1.29 is 23.5 Å². The molecule has 0 radical (unpaired) electrons. The number of urea groups is 1. The maximum atomic E-state index is 13.1. The molecule has 2 aliphatic heterocycles. The van der Waals surface area contributed by atoms with Gasteiger partial charge in [-0.2, -0.15) is 0 Å². The summed E-state index contributed by atoms with van der Waals surface area (Å²) in [5, 5.41) is 5.70. The molecule has 0 unspecified atom stereocenters. The number of halogens is 1. The van der Waals surface area contributed by atoms with E-state index in [9.17, 15) is 18.8 Å². The van der Waals surface area contributed by atoms with Crippen molar-refractivity contribution in [1.29, 1.82) is 0 Å². The SMILES string of the molecule is COc1ccccc1NC(=O)CN1CCC2(CC1)NC(=O)N(Cc1ccc(F)cc1)C2=O. The molecule has 2 aliphatic rings. The van der Waals surface area contributed by atoms with E-state index in [1.807, 2.05) is 17.0 Å². The molecule has 0 saturated carbocycles. The Kier molecular flexibility index (Phi) is 6.09. The van der Waals surface area contributed by atoms with Crippen LogP contribution < -0.4 is 15.4 Å². The van der Waals surface area contributed by atoms with Crippen molar-refractivity contribution in [3.05, 3.63) is 59.9 Å². The largest absolute Gasteiger partial charge is 0.495 e. The zero-order valence-electron chi connectivity index (χ0n) is 17.8. The van der Waals surface area contributed by atoms with Crippen LogP contribution in [0.25, 0.3) is 0 Å². The van der Waals surface area contributed by atoms with Gasteiger partial charge in [-0.05, 0) is 42.7 Å². The van der Waals surface area contributed by atoms with Crippen molar-refractivity contribution in [2.75, 3.05) is 32.1 Å². The van der Waals surface area contributed by atoms with Gasteiger partial charge in [0.15, 0.2) is 0 Å². The van der Waals surface area contributed by atoms with Gasteiger partial charge in [0, 0.05) is 13.1 Å². The maximum absolute atomic E-state index is 13.1. The number of ether oxygens (including phenoxy) is 1. The van der Waals surface area contributed by atoms with E-state index >= 15 is 0 Å². The predicted octanol–water partition coefficient (Wildman–Crippen LogP) is 2.36. The number of carbonyl (C=O) groups is 3. The Bertz CT molecular complexity index is 1020. The highest BCUT2D eigenvalue weighted by Gasteiger charge is 2.52. The number of methoxy groups -OCH3 is 1. The zero-order valence-corrected chi connectivity index (χ0v) is 17.8. The smallest absolute Gasteiger partial charge is 0.325 e. The first-order chi connectivity index (χ1) is 15.4. The number of hydrogen-bond donors (Lipinski definition) is 2. The number of carbonyl (C=O) groups excluding carboxylic acids is 3. The van der Waals surface area contributed by atoms with Gasteiger partial charge < -0.3 is 15.4 Å². The first-order valence-corrected chi connectivity index (χ1v) is 10.4. The fourth-order valence-corrected chi connectivity index (χ4v) is 4.16. The van der Waals surface area contributed by atoms with Crippen molar-refractivity contribution in [1.82, 2.24) is 15.1 Å². The minimum Gasteiger partial charge on any atom is -0.495 e. The van der Waals surface area contributed by atoms with Crippen molar-refractivity contribution in [2.24, 2.45) is 0 Å². The van der Waals surface area contributed by atoms with E-state index in [4.69, 9.17) is 4.74 Å². The van der Waals surface area contributed by atoms with Crippen molar-refractivity contribution in [2.45, 2.75) is 24.9 Å². The van der Waals surface area contributed by atoms with E-state index in [1.165, 1.54) is 17.0 Å². The Morgan fingerprint density at radius 1 is 1.12 bits per heavy atom. The lowest BCUT2D eigenvalue weighted by molar-refractivity contribution is -0.133. The zero-order chi connectivity index (χ0) is 22.7. The molecule has 2 aromatic rings. The number of para-hydroxylation sites is 2. The molecule has 0 bridgehead atoms. The Morgan fingerprint density at radius 2 is 1.81 bits per heavy atom. The van der Waals surface area contributed by atoms with Crippen LogP contribution in [0.3, 0.4) is 0 Å². The molecular formula is C23H25FN4O4. The second-order valence-electron chi connectivity index (χ2n) is 8.05. The lowest BCUT2D eigenvalue weighted by Crippen LogP contribution is -2.55. The van der Waals surface area contributed by atoms with Gasteiger partial charge in [0.1, 0.15) is 17.1 Å². The summed E-state index contributed by atoms with van der Waals surface area (Å²) in [6.07, 6.45) is 0.832. The van der Waals surface area contributed by atoms with Crippen LogP contribution in [0, 0.1) is 5.82 Å². The van der Waals surface area contributed by atoms with Gasteiger partial charge in [0.25, 0.3) is 5.91 Å². The average molecular weight is 440 g/mol. The number of amides is 4. The van der Waals surface area contributed by atoms with Crippen molar-refractivity contribution in [3.8, 4) is 5.75 Å². The van der Waals surface area contributed by atoms with Gasteiger partial charge >= 0.3 is 6.03 Å². The summed E-state index contributed by atoms with van der Waals surface area (Å²) in [6.45, 7) is 1.26. The summed E-state index contributed by atoms with van der Waals surface area (Å²) in [4.78, 5) is 41.2. The van der Waals surface area contributed by atoms with Crippen LogP contribution in [0.15, 0.2) is 48.5 Å². The molecule has 8 nitrogen and oxygen atoms in total. The fraction of sp³-hybridized carbons (Fsp3) is 0.348. The summed E-state index contributed by atoms with van der Waals surface area (Å²) in [6, 6.07) is 12.5. The Balaban J connectivity index is 1.33. The number of anilines is 1. The third-order valence-electron chi connectivity index (χ3n) is 5.96. The summed E-state index contributed by atoms with van der Waals surface area (Å²) < 4.78 is 18.4. The Labute approximate surface area is 185 Å². The highest BCUT2D eigenvalue weighted by molar-refractivity contribution is 6.07. The molecule has 2 N–H and O–H groups in total. The van der Waals surface area contributed by atoms with E-state index < -0.39 is 11.6 Å². The summed E-state index contributed by atoms with van der Waals surface area (Å²) in [5.41, 5.74) is 0.327. The van der Waals surface area contributed by atoms with Gasteiger partial charge in [-0.1, -0.05) is 24.3 Å². The fourth-order valence-electron chi connectivity index (χ4n) is 4.16. The van der Waals surface area contributed by atoms with Crippen LogP contribution in [-0.4, -0.2) is 59.9 Å². The van der Waals surface area contributed by atoms with Gasteiger partial charge in [0.2, 0.25) is 5.91 Å². The molecule has 4 rings (SSSR count). The number of likely N-dealkylation sites (tertiary alicyclic amines) is 1. The molecule has 2 saturated heterocycles. The first-order valence-electron chi connectivity index (χ1n) is 10.4. The molecule has 2 heterocycles. The first kappa shape index (κ1) is 21.8. The average Bonchev–Trinajstić information content (AvgIpc) is 3.01. The normalized spacial score (nSPS) is 18.0. The van der Waals surface area contributed by atoms with Gasteiger partial charge in [-0.3, -0.25) is 19.4 Å². The second kappa shape index (κ2) is 8.96. The second-order valence-corrected chi connectivity index (χ2v) is 8.05. The monoisotopic (exact) mass is 440 g/mol. The van der Waals surface area contributed by atoms with E-state index in [2.05, 4.69) is 10.6 Å². The summed E-state index contributed by atoms with van der Waals surface area (Å²) in [7, 11) is 1.54. The molecule has 4 amide bonds. The standard InChI is InChI=1S/C23H25FN4O4/c1-32-19-5-3-2-4-18(19)25-20(29)15-27-12-10-23(11-13-27)21(30)28(22(31)26-23)14-16-6-8-17(24)9-7-16/h2-9H,10-15H2,1H3,(H,25,29)(H,26,31). The van der Waals surface area contributed by atoms with Crippen LogP contribution >= 0.6 is 0 Å². The molecule has 168 valence electrons. The molecule has 0 aromatic heterocycles. The van der Waals surface area contributed by atoms with Crippen LogP contribution in [-0.2, 0) is 16.1 Å². The number of imide groups is 1. The van der Waals surface area contributed by atoms with Gasteiger partial charge in [0.05, 0.1) is 25.9 Å². The van der Waals surface area contributed by atoms with E-state index in [-0.39, 0.29) is 30.7 Å². The summed E-state index contributed by atoms with van der Waals surface area (Å²) >= 11 is 0. The highest BCUT2D eigenvalue weighted by atomic mass is 19.1. The van der Waals surface area contributed by atoms with Crippen LogP contribution in [0.5, 0.6) is 5.75 Å². The highest BCUT2D eigenvalue weighted by Crippen LogP contribution is 2.30. The van der Waals surface area contributed by atoms with Crippen LogP contribution in [0.1, 0.15) is 18.4 Å². The molecule has 0 aliphatic carbocycles. The maximum Gasteiger partial charge on any atom is 0.325 e. The minimum atomic E-state index is -0.952. The minimum absolute atomic E-state index is 0.0950. The van der Waals surface area contributed by atoms with Crippen molar-refractivity contribution in [3.63, 3.8) is 0 Å². The number of piperidine rings is 1. The predicted molar refractivity (Wildman–Crippen MR) is 116 cm³/mol. The number of benzene rings is 2. The third kappa shape index (κ3) is 4.43. The Hall–Kier alpha value is -3.46. The molecule has 2 fully saturated rings. The molecule has 9 heteroatoms. The van der Waals surface area contributed by atoms with Gasteiger partial charge in [-0.25, -0.2) is 9.18 Å². The van der Waals surface area contributed by atoms with Crippen molar-refractivity contribution >= 4 is 23.5 Å². The molecule has 32 heavy (non-hydrogen) atoms. The molecule has 1 spiro atoms. The number of nitrogens with zero attached hydrogens (tertiary/aromatic N) is 2.